The summed E-state index contributed by atoms with van der Waals surface area (Å²) in [5.41, 5.74) is 0.978. The second-order valence-corrected chi connectivity index (χ2v) is 6.86. The molecule has 0 spiro atoms. The van der Waals surface area contributed by atoms with Gasteiger partial charge in [-0.1, -0.05) is 20.3 Å². The first-order chi connectivity index (χ1) is 10.7. The fraction of sp³-hybridized carbons (Fsp3) is 0.611. The van der Waals surface area contributed by atoms with Gasteiger partial charge in [0, 0.05) is 11.7 Å². The zero-order valence-electron chi connectivity index (χ0n) is 15.3. The van der Waals surface area contributed by atoms with Crippen molar-refractivity contribution >= 4 is 17.5 Å². The zero-order valence-corrected chi connectivity index (χ0v) is 15.3. The molecule has 0 aromatic heterocycles. The standard InChI is InChI=1S/C18H30N2O3/c1-8-12(2)13(3)19-14-9-10-16(22-7)15(11-14)20-17(21)23-18(4,5)6/h9-13,19H,8H2,1-7H3,(H,20,21). The molecule has 1 rings (SSSR count). The van der Waals surface area contributed by atoms with Crippen molar-refractivity contribution in [3.8, 4) is 5.75 Å². The number of rotatable bonds is 6. The maximum atomic E-state index is 12.0. The number of nitrogens with one attached hydrogen (secondary N) is 2. The maximum absolute atomic E-state index is 12.0. The molecule has 130 valence electrons. The molecule has 0 bridgehead atoms. The van der Waals surface area contributed by atoms with Gasteiger partial charge < -0.3 is 14.8 Å². The summed E-state index contributed by atoms with van der Waals surface area (Å²) in [6.45, 7) is 12.0. The van der Waals surface area contributed by atoms with Crippen LogP contribution >= 0.6 is 0 Å². The Labute approximate surface area is 139 Å². The third kappa shape index (κ3) is 6.38. The summed E-state index contributed by atoms with van der Waals surface area (Å²) in [5.74, 6) is 1.15. The molecule has 5 heteroatoms. The summed E-state index contributed by atoms with van der Waals surface area (Å²) >= 11 is 0. The number of methoxy groups -OCH3 is 1. The van der Waals surface area contributed by atoms with Gasteiger partial charge in [-0.3, -0.25) is 5.32 Å². The van der Waals surface area contributed by atoms with Gasteiger partial charge in [0.25, 0.3) is 0 Å². The molecule has 0 aliphatic rings. The highest BCUT2D eigenvalue weighted by Gasteiger charge is 2.18. The molecule has 23 heavy (non-hydrogen) atoms. The molecular weight excluding hydrogens is 292 g/mol. The number of benzene rings is 1. The van der Waals surface area contributed by atoms with E-state index in [2.05, 4.69) is 31.4 Å². The molecular formula is C18H30N2O3. The highest BCUT2D eigenvalue weighted by atomic mass is 16.6. The van der Waals surface area contributed by atoms with Crippen LogP contribution in [0.5, 0.6) is 5.75 Å². The molecule has 1 amide bonds. The van der Waals surface area contributed by atoms with Gasteiger partial charge in [0.2, 0.25) is 0 Å². The number of anilines is 2. The molecule has 0 radical (unpaired) electrons. The van der Waals surface area contributed by atoms with E-state index in [9.17, 15) is 4.79 Å². The van der Waals surface area contributed by atoms with E-state index in [1.54, 1.807) is 7.11 Å². The first-order valence-electron chi connectivity index (χ1n) is 8.10. The van der Waals surface area contributed by atoms with Crippen LogP contribution in [0.4, 0.5) is 16.2 Å². The van der Waals surface area contributed by atoms with Gasteiger partial charge in [0.15, 0.2) is 0 Å². The summed E-state index contributed by atoms with van der Waals surface area (Å²) in [7, 11) is 1.57. The molecule has 0 saturated carbocycles. The zero-order chi connectivity index (χ0) is 17.6. The van der Waals surface area contributed by atoms with E-state index < -0.39 is 11.7 Å². The maximum Gasteiger partial charge on any atom is 0.412 e. The van der Waals surface area contributed by atoms with E-state index in [1.165, 1.54) is 0 Å². The Kier molecular flexibility index (Phi) is 6.73. The molecule has 0 aliphatic carbocycles. The third-order valence-electron chi connectivity index (χ3n) is 3.73. The second-order valence-electron chi connectivity index (χ2n) is 6.86. The van der Waals surface area contributed by atoms with Crippen LogP contribution < -0.4 is 15.4 Å². The second kappa shape index (κ2) is 8.09. The van der Waals surface area contributed by atoms with Crippen LogP contribution in [0.3, 0.4) is 0 Å². The number of carbonyl (C=O) groups is 1. The predicted molar refractivity (Wildman–Crippen MR) is 95.4 cm³/mol. The lowest BCUT2D eigenvalue weighted by atomic mass is 10.0. The van der Waals surface area contributed by atoms with Crippen molar-refractivity contribution in [2.24, 2.45) is 5.92 Å². The van der Waals surface area contributed by atoms with Crippen molar-refractivity contribution in [3.05, 3.63) is 18.2 Å². The average molecular weight is 322 g/mol. The minimum Gasteiger partial charge on any atom is -0.495 e. The minimum atomic E-state index is -0.543. The molecule has 2 atom stereocenters. The number of amides is 1. The van der Waals surface area contributed by atoms with Crippen molar-refractivity contribution in [1.29, 1.82) is 0 Å². The van der Waals surface area contributed by atoms with Crippen molar-refractivity contribution in [2.45, 2.75) is 59.6 Å². The fourth-order valence-corrected chi connectivity index (χ4v) is 2.07. The molecule has 0 fully saturated rings. The molecule has 5 nitrogen and oxygen atoms in total. The highest BCUT2D eigenvalue weighted by Crippen LogP contribution is 2.29. The first kappa shape index (κ1) is 19.1. The molecule has 1 aromatic carbocycles. The lowest BCUT2D eigenvalue weighted by molar-refractivity contribution is 0.0635. The number of carbonyl (C=O) groups excluding carboxylic acids is 1. The number of ether oxygens (including phenoxy) is 2. The Morgan fingerprint density at radius 3 is 2.43 bits per heavy atom. The SMILES string of the molecule is CCC(C)C(C)Nc1ccc(OC)c(NC(=O)OC(C)(C)C)c1. The minimum absolute atomic E-state index is 0.336. The Morgan fingerprint density at radius 1 is 1.26 bits per heavy atom. The third-order valence-corrected chi connectivity index (χ3v) is 3.73. The van der Waals surface area contributed by atoms with Gasteiger partial charge in [-0.2, -0.15) is 0 Å². The van der Waals surface area contributed by atoms with Gasteiger partial charge in [-0.05, 0) is 51.8 Å². The Hall–Kier alpha value is -1.91. The van der Waals surface area contributed by atoms with E-state index in [0.29, 0.717) is 23.4 Å². The molecule has 0 saturated heterocycles. The molecule has 2 unspecified atom stereocenters. The summed E-state index contributed by atoms with van der Waals surface area (Å²) in [6, 6.07) is 5.97. The molecule has 0 aliphatic heterocycles. The van der Waals surface area contributed by atoms with Crippen molar-refractivity contribution in [3.63, 3.8) is 0 Å². The molecule has 0 heterocycles. The highest BCUT2D eigenvalue weighted by molar-refractivity contribution is 5.88. The summed E-state index contributed by atoms with van der Waals surface area (Å²) in [5, 5.41) is 6.21. The van der Waals surface area contributed by atoms with Crippen LogP contribution in [0.25, 0.3) is 0 Å². The monoisotopic (exact) mass is 322 g/mol. The Balaban J connectivity index is 2.89. The van der Waals surface area contributed by atoms with Crippen molar-refractivity contribution in [2.75, 3.05) is 17.7 Å². The quantitative estimate of drug-likeness (QED) is 0.783. The summed E-state index contributed by atoms with van der Waals surface area (Å²) in [6.07, 6.45) is 0.607. The topological polar surface area (TPSA) is 59.6 Å². The van der Waals surface area contributed by atoms with Gasteiger partial charge in [0.1, 0.15) is 11.4 Å². The van der Waals surface area contributed by atoms with Crippen LogP contribution in [-0.4, -0.2) is 24.8 Å². The van der Waals surface area contributed by atoms with E-state index in [0.717, 1.165) is 12.1 Å². The van der Waals surface area contributed by atoms with Crippen LogP contribution in [-0.2, 0) is 4.74 Å². The van der Waals surface area contributed by atoms with Crippen LogP contribution in [0.15, 0.2) is 18.2 Å². The lowest BCUT2D eigenvalue weighted by Gasteiger charge is -2.23. The normalized spacial score (nSPS) is 13.9. The Bertz CT molecular complexity index is 523. The predicted octanol–water partition coefficient (Wildman–Crippen LogP) is 4.89. The van der Waals surface area contributed by atoms with Crippen molar-refractivity contribution in [1.82, 2.24) is 0 Å². The largest absolute Gasteiger partial charge is 0.495 e. The lowest BCUT2D eigenvalue weighted by Crippen LogP contribution is -2.27. The van der Waals surface area contributed by atoms with Crippen LogP contribution in [0, 0.1) is 5.92 Å². The summed E-state index contributed by atoms with van der Waals surface area (Å²) in [4.78, 5) is 12.0. The van der Waals surface area contributed by atoms with Crippen LogP contribution in [0.1, 0.15) is 48.0 Å². The molecule has 1 aromatic rings. The Morgan fingerprint density at radius 2 is 1.91 bits per heavy atom. The van der Waals surface area contributed by atoms with E-state index >= 15 is 0 Å². The fourth-order valence-electron chi connectivity index (χ4n) is 2.07. The van der Waals surface area contributed by atoms with E-state index in [4.69, 9.17) is 9.47 Å². The number of hydrogen-bond acceptors (Lipinski definition) is 4. The van der Waals surface area contributed by atoms with E-state index in [1.807, 2.05) is 39.0 Å². The summed E-state index contributed by atoms with van der Waals surface area (Å²) < 4.78 is 10.6. The van der Waals surface area contributed by atoms with Gasteiger partial charge in [-0.25, -0.2) is 4.79 Å². The van der Waals surface area contributed by atoms with Gasteiger partial charge in [-0.15, -0.1) is 0 Å². The first-order valence-corrected chi connectivity index (χ1v) is 8.10. The van der Waals surface area contributed by atoms with Gasteiger partial charge >= 0.3 is 6.09 Å². The van der Waals surface area contributed by atoms with Crippen molar-refractivity contribution < 1.29 is 14.3 Å². The van der Waals surface area contributed by atoms with Crippen LogP contribution in [0.2, 0.25) is 0 Å². The molecule has 2 N–H and O–H groups in total. The number of hydrogen-bond donors (Lipinski definition) is 2. The average Bonchev–Trinajstić information content (AvgIpc) is 2.44. The van der Waals surface area contributed by atoms with Gasteiger partial charge in [0.05, 0.1) is 12.8 Å². The van der Waals surface area contributed by atoms with E-state index in [-0.39, 0.29) is 0 Å². The smallest absolute Gasteiger partial charge is 0.412 e.